The van der Waals surface area contributed by atoms with Crippen molar-refractivity contribution in [3.63, 3.8) is 0 Å². The molecule has 8 heteroatoms. The van der Waals surface area contributed by atoms with Crippen LogP contribution in [-0.4, -0.2) is 31.8 Å². The van der Waals surface area contributed by atoms with Crippen LogP contribution in [0.5, 0.6) is 0 Å². The first-order valence-corrected chi connectivity index (χ1v) is 6.12. The fourth-order valence-electron chi connectivity index (χ4n) is 1.30. The van der Waals surface area contributed by atoms with Crippen LogP contribution in [0.25, 0.3) is 0 Å². The van der Waals surface area contributed by atoms with Gasteiger partial charge in [0.1, 0.15) is 13.2 Å². The van der Waals surface area contributed by atoms with Gasteiger partial charge in [-0.1, -0.05) is 23.4 Å². The summed E-state index contributed by atoms with van der Waals surface area (Å²) in [5.41, 5.74) is 6.04. The smallest absolute Gasteiger partial charge is 0.362 e. The monoisotopic (exact) mass is 320 g/mol. The number of halogens is 4. The van der Waals surface area contributed by atoms with E-state index in [0.717, 1.165) is 0 Å². The lowest BCUT2D eigenvalue weighted by molar-refractivity contribution is -0.174. The number of ether oxygens (including phenoxy) is 1. The molecular formula is C13H12ClF3N2O2. The Bertz CT molecular complexity index is 565. The summed E-state index contributed by atoms with van der Waals surface area (Å²) in [5, 5.41) is 2.76. The maximum absolute atomic E-state index is 11.9. The Balaban J connectivity index is 2.60. The lowest BCUT2D eigenvalue weighted by atomic mass is 10.2. The third kappa shape index (κ3) is 6.99. The van der Waals surface area contributed by atoms with Gasteiger partial charge < -0.3 is 15.8 Å². The quantitative estimate of drug-likeness (QED) is 0.836. The molecule has 21 heavy (non-hydrogen) atoms. The molecule has 0 fully saturated rings. The van der Waals surface area contributed by atoms with Crippen molar-refractivity contribution in [1.29, 1.82) is 0 Å². The Morgan fingerprint density at radius 1 is 1.43 bits per heavy atom. The van der Waals surface area contributed by atoms with Crippen LogP contribution < -0.4 is 11.1 Å². The van der Waals surface area contributed by atoms with E-state index < -0.39 is 25.3 Å². The van der Waals surface area contributed by atoms with E-state index in [1.165, 1.54) is 18.2 Å². The van der Waals surface area contributed by atoms with Gasteiger partial charge in [-0.3, -0.25) is 4.79 Å². The molecule has 0 aromatic heterocycles. The number of amides is 1. The zero-order valence-corrected chi connectivity index (χ0v) is 11.5. The Hall–Kier alpha value is -1.75. The molecule has 4 nitrogen and oxygen atoms in total. The molecule has 1 amide bonds. The van der Waals surface area contributed by atoms with E-state index in [-0.39, 0.29) is 6.54 Å². The molecule has 0 saturated carbocycles. The molecule has 0 radical (unpaired) electrons. The molecule has 0 aliphatic rings. The standard InChI is InChI=1S/C13H12ClF3N2O2/c14-11-4-3-10(6-9(11)2-1-5-18)19-12(20)7-21-8-13(15,16)17/h3-4,6H,5,7-8,18H2,(H,19,20). The van der Waals surface area contributed by atoms with Gasteiger partial charge in [-0.25, -0.2) is 0 Å². The number of nitrogens with one attached hydrogen (secondary N) is 1. The number of carbonyl (C=O) groups excluding carboxylic acids is 1. The first-order chi connectivity index (χ1) is 9.81. The van der Waals surface area contributed by atoms with Crippen LogP contribution in [-0.2, 0) is 9.53 Å². The van der Waals surface area contributed by atoms with Crippen molar-refractivity contribution in [2.24, 2.45) is 5.73 Å². The van der Waals surface area contributed by atoms with Crippen molar-refractivity contribution in [1.82, 2.24) is 0 Å². The summed E-state index contributed by atoms with van der Waals surface area (Å²) in [6.45, 7) is -2.03. The normalized spacial score (nSPS) is 10.7. The highest BCUT2D eigenvalue weighted by Crippen LogP contribution is 2.20. The van der Waals surface area contributed by atoms with Gasteiger partial charge in [0.25, 0.3) is 0 Å². The number of rotatable bonds is 4. The van der Waals surface area contributed by atoms with Gasteiger partial charge in [-0.15, -0.1) is 0 Å². The summed E-state index contributed by atoms with van der Waals surface area (Å²) in [6.07, 6.45) is -4.47. The average molecular weight is 321 g/mol. The molecule has 0 saturated heterocycles. The maximum Gasteiger partial charge on any atom is 0.411 e. The maximum atomic E-state index is 11.9. The van der Waals surface area contributed by atoms with Crippen LogP contribution in [0.2, 0.25) is 5.02 Å². The second-order valence-corrected chi connectivity index (χ2v) is 4.26. The van der Waals surface area contributed by atoms with Gasteiger partial charge in [0, 0.05) is 11.3 Å². The molecule has 0 aliphatic heterocycles. The van der Waals surface area contributed by atoms with Crippen LogP contribution in [0.1, 0.15) is 5.56 Å². The van der Waals surface area contributed by atoms with Gasteiger partial charge in [-0.05, 0) is 18.2 Å². The largest absolute Gasteiger partial charge is 0.411 e. The predicted octanol–water partition coefficient (Wildman–Crippen LogP) is 2.17. The van der Waals surface area contributed by atoms with Gasteiger partial charge >= 0.3 is 6.18 Å². The molecular weight excluding hydrogens is 309 g/mol. The van der Waals surface area contributed by atoms with Crippen molar-refractivity contribution in [3.05, 3.63) is 28.8 Å². The second-order valence-electron chi connectivity index (χ2n) is 3.86. The molecule has 0 atom stereocenters. The number of benzene rings is 1. The highest BCUT2D eigenvalue weighted by molar-refractivity contribution is 6.31. The Labute approximate surface area is 124 Å². The molecule has 0 aliphatic carbocycles. The number of alkyl halides is 3. The van der Waals surface area contributed by atoms with E-state index in [2.05, 4.69) is 21.9 Å². The van der Waals surface area contributed by atoms with E-state index in [4.69, 9.17) is 17.3 Å². The highest BCUT2D eigenvalue weighted by Gasteiger charge is 2.27. The van der Waals surface area contributed by atoms with Crippen LogP contribution in [0.3, 0.4) is 0 Å². The topological polar surface area (TPSA) is 64.3 Å². The molecule has 114 valence electrons. The summed E-state index contributed by atoms with van der Waals surface area (Å²) < 4.78 is 39.8. The van der Waals surface area contributed by atoms with E-state index in [1.807, 2.05) is 0 Å². The van der Waals surface area contributed by atoms with E-state index >= 15 is 0 Å². The summed E-state index contributed by atoms with van der Waals surface area (Å²) in [4.78, 5) is 11.4. The highest BCUT2D eigenvalue weighted by atomic mass is 35.5. The molecule has 1 aromatic rings. The van der Waals surface area contributed by atoms with E-state index in [0.29, 0.717) is 16.3 Å². The summed E-state index contributed by atoms with van der Waals surface area (Å²) >= 11 is 5.90. The first kappa shape index (κ1) is 17.3. The molecule has 1 aromatic carbocycles. The lowest BCUT2D eigenvalue weighted by Gasteiger charge is -2.09. The predicted molar refractivity (Wildman–Crippen MR) is 72.9 cm³/mol. The van der Waals surface area contributed by atoms with Crippen molar-refractivity contribution >= 4 is 23.2 Å². The lowest BCUT2D eigenvalue weighted by Crippen LogP contribution is -2.24. The van der Waals surface area contributed by atoms with Crippen molar-refractivity contribution in [2.75, 3.05) is 25.1 Å². The molecule has 0 heterocycles. The van der Waals surface area contributed by atoms with Crippen LogP contribution in [0, 0.1) is 11.8 Å². The summed E-state index contributed by atoms with van der Waals surface area (Å²) in [6, 6.07) is 4.50. The molecule has 0 spiro atoms. The number of anilines is 1. The van der Waals surface area contributed by atoms with Crippen molar-refractivity contribution in [2.45, 2.75) is 6.18 Å². The number of hydrogen-bond donors (Lipinski definition) is 2. The fraction of sp³-hybridized carbons (Fsp3) is 0.308. The Morgan fingerprint density at radius 2 is 2.14 bits per heavy atom. The zero-order chi connectivity index (χ0) is 15.9. The molecule has 3 N–H and O–H groups in total. The average Bonchev–Trinajstić information content (AvgIpc) is 2.38. The minimum atomic E-state index is -4.47. The zero-order valence-electron chi connectivity index (χ0n) is 10.8. The van der Waals surface area contributed by atoms with Gasteiger partial charge in [0.15, 0.2) is 0 Å². The van der Waals surface area contributed by atoms with Crippen LogP contribution >= 0.6 is 11.6 Å². The van der Waals surface area contributed by atoms with Gasteiger partial charge in [-0.2, -0.15) is 13.2 Å². The summed E-state index contributed by atoms with van der Waals surface area (Å²) in [5.74, 6) is 4.61. The third-order valence-electron chi connectivity index (χ3n) is 2.07. The number of carbonyl (C=O) groups is 1. The van der Waals surface area contributed by atoms with Crippen molar-refractivity contribution in [3.8, 4) is 11.8 Å². The second kappa shape index (κ2) is 7.88. The Kier molecular flexibility index (Phi) is 6.49. The number of nitrogens with two attached hydrogens (primary N) is 1. The minimum absolute atomic E-state index is 0.151. The van der Waals surface area contributed by atoms with Gasteiger partial charge in [0.05, 0.1) is 11.6 Å². The third-order valence-corrected chi connectivity index (χ3v) is 2.40. The number of hydrogen-bond acceptors (Lipinski definition) is 3. The van der Waals surface area contributed by atoms with Crippen LogP contribution in [0.4, 0.5) is 18.9 Å². The van der Waals surface area contributed by atoms with Gasteiger partial charge in [0.2, 0.25) is 5.91 Å². The molecule has 1 rings (SSSR count). The summed E-state index contributed by atoms with van der Waals surface area (Å²) in [7, 11) is 0. The molecule has 0 bridgehead atoms. The Morgan fingerprint density at radius 3 is 2.76 bits per heavy atom. The molecule has 0 unspecified atom stereocenters. The van der Waals surface area contributed by atoms with E-state index in [9.17, 15) is 18.0 Å². The fourth-order valence-corrected chi connectivity index (χ4v) is 1.47. The van der Waals surface area contributed by atoms with Crippen LogP contribution in [0.15, 0.2) is 18.2 Å². The van der Waals surface area contributed by atoms with Crippen molar-refractivity contribution < 1.29 is 22.7 Å². The van der Waals surface area contributed by atoms with E-state index in [1.54, 1.807) is 0 Å². The SMILES string of the molecule is NCC#Cc1cc(NC(=O)COCC(F)(F)F)ccc1Cl. The minimum Gasteiger partial charge on any atom is -0.362 e. The first-order valence-electron chi connectivity index (χ1n) is 5.74.